The van der Waals surface area contributed by atoms with E-state index in [9.17, 15) is 13.2 Å². The highest BCUT2D eigenvalue weighted by Gasteiger charge is 2.18. The number of nitrogens with two attached hydrogens (primary N) is 1. The summed E-state index contributed by atoms with van der Waals surface area (Å²) >= 11 is 0. The molecule has 0 radical (unpaired) electrons. The van der Waals surface area contributed by atoms with Crippen LogP contribution in [-0.2, 0) is 27.8 Å². The quantitative estimate of drug-likeness (QED) is 0.786. The van der Waals surface area contributed by atoms with Crippen molar-refractivity contribution in [2.45, 2.75) is 36.7 Å². The van der Waals surface area contributed by atoms with Gasteiger partial charge in [0.15, 0.2) is 0 Å². The van der Waals surface area contributed by atoms with Gasteiger partial charge in [0.05, 0.1) is 11.3 Å². The van der Waals surface area contributed by atoms with E-state index in [1.807, 2.05) is 24.3 Å². The number of piperidine rings is 1. The first-order chi connectivity index (χ1) is 12.9. The Morgan fingerprint density at radius 3 is 2.22 bits per heavy atom. The van der Waals surface area contributed by atoms with Gasteiger partial charge in [0, 0.05) is 12.6 Å². The molecule has 7 heteroatoms. The normalized spacial score (nSPS) is 16.2. The van der Waals surface area contributed by atoms with Gasteiger partial charge in [-0.3, -0.25) is 9.69 Å². The summed E-state index contributed by atoms with van der Waals surface area (Å²) < 4.78 is 26.5. The van der Waals surface area contributed by atoms with Crippen LogP contribution >= 0.6 is 0 Å². The number of amides is 1. The molecule has 2 aromatic carbocycles. The minimum Gasteiger partial charge on any atom is -0.328 e. The molecule has 0 aliphatic carbocycles. The molecule has 0 bridgehead atoms. The van der Waals surface area contributed by atoms with Gasteiger partial charge < -0.3 is 5.73 Å². The zero-order valence-electron chi connectivity index (χ0n) is 15.2. The van der Waals surface area contributed by atoms with Crippen molar-refractivity contribution in [3.8, 4) is 0 Å². The van der Waals surface area contributed by atoms with Crippen molar-refractivity contribution in [1.82, 2.24) is 9.62 Å². The minimum absolute atomic E-state index is 0.0188. The molecule has 1 amide bonds. The highest BCUT2D eigenvalue weighted by atomic mass is 32.2. The molecule has 0 aromatic heterocycles. The predicted octanol–water partition coefficient (Wildman–Crippen LogP) is 1.66. The monoisotopic (exact) mass is 387 g/mol. The van der Waals surface area contributed by atoms with E-state index >= 15 is 0 Å². The van der Waals surface area contributed by atoms with Gasteiger partial charge in [0.1, 0.15) is 0 Å². The van der Waals surface area contributed by atoms with Crippen molar-refractivity contribution < 1.29 is 13.2 Å². The van der Waals surface area contributed by atoms with Gasteiger partial charge in [0.2, 0.25) is 5.91 Å². The van der Waals surface area contributed by atoms with Gasteiger partial charge in [0.25, 0.3) is 10.0 Å². The molecule has 1 heterocycles. The molecule has 2 aromatic rings. The lowest BCUT2D eigenvalue weighted by Crippen LogP contribution is -2.39. The lowest BCUT2D eigenvalue weighted by atomic mass is 10.0. The largest absolute Gasteiger partial charge is 0.328 e. The van der Waals surface area contributed by atoms with Crippen LogP contribution in [0.25, 0.3) is 0 Å². The molecule has 144 valence electrons. The fourth-order valence-corrected chi connectivity index (χ4v) is 4.17. The number of carbonyl (C=O) groups is 1. The lowest BCUT2D eigenvalue weighted by Gasteiger charge is -2.30. The summed E-state index contributed by atoms with van der Waals surface area (Å²) in [6.07, 6.45) is 2.06. The summed E-state index contributed by atoms with van der Waals surface area (Å²) in [5, 5.41) is 0. The van der Waals surface area contributed by atoms with Crippen molar-refractivity contribution in [2.75, 3.05) is 13.1 Å². The van der Waals surface area contributed by atoms with Crippen LogP contribution in [0, 0.1) is 0 Å². The summed E-state index contributed by atoms with van der Waals surface area (Å²) in [5.74, 6) is -0.545. The topological polar surface area (TPSA) is 92.5 Å². The number of hydrogen-bond acceptors (Lipinski definition) is 5. The van der Waals surface area contributed by atoms with Gasteiger partial charge >= 0.3 is 0 Å². The van der Waals surface area contributed by atoms with Gasteiger partial charge in [-0.05, 0) is 49.2 Å². The fourth-order valence-electron chi connectivity index (χ4n) is 3.16. The van der Waals surface area contributed by atoms with E-state index in [2.05, 4.69) is 9.62 Å². The number of benzene rings is 2. The first kappa shape index (κ1) is 19.5. The Morgan fingerprint density at radius 1 is 1.00 bits per heavy atom. The smallest absolute Gasteiger partial charge is 0.264 e. The number of sulfonamides is 1. The van der Waals surface area contributed by atoms with E-state index in [0.29, 0.717) is 6.04 Å². The van der Waals surface area contributed by atoms with Gasteiger partial charge in [-0.2, -0.15) is 0 Å². The van der Waals surface area contributed by atoms with Crippen molar-refractivity contribution >= 4 is 15.9 Å². The zero-order chi connectivity index (χ0) is 19.3. The highest BCUT2D eigenvalue weighted by Crippen LogP contribution is 2.14. The SMILES string of the molecule is NC1CCN(Cc2ccc(CC(=O)NS(=O)(=O)c3ccccc3)cc2)CC1. The Hall–Kier alpha value is -2.22. The Balaban J connectivity index is 1.54. The third-order valence-corrected chi connectivity index (χ3v) is 6.12. The van der Waals surface area contributed by atoms with E-state index < -0.39 is 15.9 Å². The van der Waals surface area contributed by atoms with Gasteiger partial charge in [-0.1, -0.05) is 42.5 Å². The van der Waals surface area contributed by atoms with Crippen molar-refractivity contribution in [2.24, 2.45) is 5.73 Å². The molecule has 1 aliphatic heterocycles. The van der Waals surface area contributed by atoms with E-state index in [1.165, 1.54) is 17.7 Å². The van der Waals surface area contributed by atoms with Crippen LogP contribution in [0.4, 0.5) is 0 Å². The Kier molecular flexibility index (Phi) is 6.26. The van der Waals surface area contributed by atoms with Crippen molar-refractivity contribution in [3.63, 3.8) is 0 Å². The molecule has 3 N–H and O–H groups in total. The summed E-state index contributed by atoms with van der Waals surface area (Å²) in [6.45, 7) is 2.87. The number of carbonyl (C=O) groups excluding carboxylic acids is 1. The number of hydrogen-bond donors (Lipinski definition) is 2. The number of nitrogens with one attached hydrogen (secondary N) is 1. The average molecular weight is 388 g/mol. The lowest BCUT2D eigenvalue weighted by molar-refractivity contribution is -0.118. The molecule has 0 unspecified atom stereocenters. The second-order valence-corrected chi connectivity index (χ2v) is 8.63. The average Bonchev–Trinajstić information content (AvgIpc) is 2.65. The molecule has 1 aliphatic rings. The second kappa shape index (κ2) is 8.65. The first-order valence-corrected chi connectivity index (χ1v) is 10.6. The summed E-state index contributed by atoms with van der Waals surface area (Å²) in [7, 11) is -3.83. The Morgan fingerprint density at radius 2 is 1.59 bits per heavy atom. The van der Waals surface area contributed by atoms with Crippen LogP contribution in [0.5, 0.6) is 0 Å². The Bertz CT molecular complexity index is 859. The van der Waals surface area contributed by atoms with Gasteiger partial charge in [-0.25, -0.2) is 13.1 Å². The summed E-state index contributed by atoms with van der Waals surface area (Å²) in [6, 6.07) is 15.9. The van der Waals surface area contributed by atoms with E-state index in [0.717, 1.165) is 38.0 Å². The zero-order valence-corrected chi connectivity index (χ0v) is 16.0. The molecule has 0 saturated carbocycles. The second-order valence-electron chi connectivity index (χ2n) is 6.95. The van der Waals surface area contributed by atoms with Crippen molar-refractivity contribution in [1.29, 1.82) is 0 Å². The maximum atomic E-state index is 12.2. The fraction of sp³-hybridized carbons (Fsp3) is 0.350. The molecule has 1 saturated heterocycles. The first-order valence-electron chi connectivity index (χ1n) is 9.09. The predicted molar refractivity (Wildman–Crippen MR) is 104 cm³/mol. The van der Waals surface area contributed by atoms with Crippen LogP contribution in [-0.4, -0.2) is 38.4 Å². The Labute approximate surface area is 160 Å². The molecule has 0 spiro atoms. The molecule has 1 fully saturated rings. The number of nitrogens with zero attached hydrogens (tertiary/aromatic N) is 1. The standard InChI is InChI=1S/C20H25N3O3S/c21-18-10-12-23(13-11-18)15-17-8-6-16(7-9-17)14-20(24)22-27(25,26)19-4-2-1-3-5-19/h1-9,18H,10-15,21H2,(H,22,24). The van der Waals surface area contributed by atoms with E-state index in [4.69, 9.17) is 5.73 Å². The van der Waals surface area contributed by atoms with Crippen LogP contribution in [0.2, 0.25) is 0 Å². The molecular formula is C20H25N3O3S. The third kappa shape index (κ3) is 5.63. The molecule has 3 rings (SSSR count). The number of rotatable bonds is 6. The highest BCUT2D eigenvalue weighted by molar-refractivity contribution is 7.90. The molecule has 27 heavy (non-hydrogen) atoms. The number of likely N-dealkylation sites (tertiary alicyclic amines) is 1. The summed E-state index contributed by atoms with van der Waals surface area (Å²) in [5.41, 5.74) is 7.88. The molecule has 0 atom stereocenters. The molecule has 6 nitrogen and oxygen atoms in total. The van der Waals surface area contributed by atoms with E-state index in [1.54, 1.807) is 18.2 Å². The minimum atomic E-state index is -3.83. The van der Waals surface area contributed by atoms with E-state index in [-0.39, 0.29) is 11.3 Å². The van der Waals surface area contributed by atoms with Crippen LogP contribution in [0.3, 0.4) is 0 Å². The van der Waals surface area contributed by atoms with Crippen LogP contribution < -0.4 is 10.5 Å². The third-order valence-electron chi connectivity index (χ3n) is 4.73. The van der Waals surface area contributed by atoms with Crippen molar-refractivity contribution in [3.05, 3.63) is 65.7 Å². The van der Waals surface area contributed by atoms with Gasteiger partial charge in [-0.15, -0.1) is 0 Å². The molecular weight excluding hydrogens is 362 g/mol. The maximum absolute atomic E-state index is 12.2. The maximum Gasteiger partial charge on any atom is 0.264 e. The van der Waals surface area contributed by atoms with Crippen LogP contribution in [0.15, 0.2) is 59.5 Å². The summed E-state index contributed by atoms with van der Waals surface area (Å²) in [4.78, 5) is 14.6. The van der Waals surface area contributed by atoms with Crippen LogP contribution in [0.1, 0.15) is 24.0 Å².